The maximum Gasteiger partial charge on any atom is 0.455 e. The Balaban J connectivity index is 4.37. The van der Waals surface area contributed by atoms with Crippen molar-refractivity contribution >= 4 is 5.91 Å². The van der Waals surface area contributed by atoms with Crippen molar-refractivity contribution in [3.63, 3.8) is 0 Å². The van der Waals surface area contributed by atoms with Gasteiger partial charge in [-0.25, -0.2) is 0 Å². The average Bonchev–Trinajstić information content (AvgIpc) is 2.11. The lowest BCUT2D eigenvalue weighted by Gasteiger charge is -2.25. The van der Waals surface area contributed by atoms with E-state index in [0.29, 0.717) is 0 Å². The fourth-order valence-corrected chi connectivity index (χ4v) is 0.753. The molecule has 0 spiro atoms. The summed E-state index contributed by atoms with van der Waals surface area (Å²) in [6, 6.07) is -2.49. The summed E-state index contributed by atoms with van der Waals surface area (Å²) in [7, 11) is 0. The van der Waals surface area contributed by atoms with Gasteiger partial charge in [-0.05, 0) is 0 Å². The lowest BCUT2D eigenvalue weighted by Crippen LogP contribution is -2.56. The van der Waals surface area contributed by atoms with Gasteiger partial charge in [0.1, 0.15) is 0 Å². The molecule has 1 atom stereocenters. The molecule has 1 amide bonds. The number of carbonyl (C=O) groups excluding carboxylic acids is 1. The molecule has 0 fully saturated rings. The van der Waals surface area contributed by atoms with Crippen LogP contribution in [0, 0.1) is 5.92 Å². The summed E-state index contributed by atoms with van der Waals surface area (Å²) in [6.07, 6.45) is -5.71. The molecule has 0 saturated carbocycles. The topological polar surface area (TPSA) is 55.1 Å². The molecule has 96 valence electrons. The van der Waals surface area contributed by atoms with Crippen LogP contribution in [0.15, 0.2) is 0 Å². The first-order chi connectivity index (χ1) is 7.00. The van der Waals surface area contributed by atoms with E-state index in [4.69, 9.17) is 5.73 Å². The predicted molar refractivity (Wildman–Crippen MR) is 46.8 cm³/mol. The van der Waals surface area contributed by atoms with Crippen molar-refractivity contribution in [2.24, 2.45) is 11.7 Å². The summed E-state index contributed by atoms with van der Waals surface area (Å²) >= 11 is 0. The van der Waals surface area contributed by atoms with Gasteiger partial charge in [-0.15, -0.1) is 0 Å². The molecule has 0 heterocycles. The van der Waals surface area contributed by atoms with Crippen molar-refractivity contribution in [3.8, 4) is 0 Å². The Morgan fingerprint density at radius 3 is 2.00 bits per heavy atom. The van der Waals surface area contributed by atoms with E-state index in [1.165, 1.54) is 13.8 Å². The van der Waals surface area contributed by atoms with Gasteiger partial charge in [0, 0.05) is 12.5 Å². The number of amides is 1. The Labute approximate surface area is 89.2 Å². The highest BCUT2D eigenvalue weighted by Gasteiger charge is 2.61. The van der Waals surface area contributed by atoms with Gasteiger partial charge in [-0.3, -0.25) is 4.79 Å². The van der Waals surface area contributed by atoms with Crippen molar-refractivity contribution in [2.75, 3.05) is 6.54 Å². The van der Waals surface area contributed by atoms with Crippen molar-refractivity contribution in [3.05, 3.63) is 0 Å². The second-order valence-electron chi connectivity index (χ2n) is 3.63. The van der Waals surface area contributed by atoms with Crippen molar-refractivity contribution in [1.82, 2.24) is 5.32 Å². The van der Waals surface area contributed by atoms with Crippen LogP contribution in [0.3, 0.4) is 0 Å². The van der Waals surface area contributed by atoms with E-state index >= 15 is 0 Å². The van der Waals surface area contributed by atoms with Crippen LogP contribution in [0.5, 0.6) is 0 Å². The molecule has 0 rings (SSSR count). The van der Waals surface area contributed by atoms with Gasteiger partial charge < -0.3 is 11.1 Å². The largest absolute Gasteiger partial charge is 0.455 e. The summed E-state index contributed by atoms with van der Waals surface area (Å²) in [5.41, 5.74) is 4.70. The fraction of sp³-hybridized carbons (Fsp3) is 0.875. The van der Waals surface area contributed by atoms with Gasteiger partial charge in [0.15, 0.2) is 0 Å². The Morgan fingerprint density at radius 1 is 1.25 bits per heavy atom. The summed E-state index contributed by atoms with van der Waals surface area (Å²) in [5, 5.41) is 1.92. The van der Waals surface area contributed by atoms with Crippen LogP contribution in [-0.2, 0) is 4.79 Å². The Hall–Kier alpha value is -0.920. The van der Waals surface area contributed by atoms with Crippen LogP contribution in [0.4, 0.5) is 22.0 Å². The summed E-state index contributed by atoms with van der Waals surface area (Å²) < 4.78 is 60.6. The molecule has 0 aromatic heterocycles. The highest BCUT2D eigenvalue weighted by Crippen LogP contribution is 2.37. The van der Waals surface area contributed by atoms with Gasteiger partial charge in [0.2, 0.25) is 5.91 Å². The normalized spacial score (nSPS) is 15.1. The molecule has 16 heavy (non-hydrogen) atoms. The first-order valence-corrected chi connectivity index (χ1v) is 4.48. The van der Waals surface area contributed by atoms with E-state index in [-0.39, 0.29) is 0 Å². The zero-order valence-corrected chi connectivity index (χ0v) is 8.74. The molecular formula is C8H13F5N2O. The van der Waals surface area contributed by atoms with E-state index in [1.807, 2.05) is 5.32 Å². The maximum atomic E-state index is 12.6. The second kappa shape index (κ2) is 4.94. The molecule has 3 N–H and O–H groups in total. The zero-order valence-electron chi connectivity index (χ0n) is 8.74. The summed E-state index contributed by atoms with van der Waals surface area (Å²) in [5.74, 6) is -6.16. The monoisotopic (exact) mass is 248 g/mol. The van der Waals surface area contributed by atoms with Crippen LogP contribution < -0.4 is 11.1 Å². The van der Waals surface area contributed by atoms with E-state index in [2.05, 4.69) is 0 Å². The molecule has 8 heteroatoms. The van der Waals surface area contributed by atoms with E-state index in [9.17, 15) is 26.7 Å². The number of nitrogens with two attached hydrogens (primary N) is 1. The summed E-state index contributed by atoms with van der Waals surface area (Å²) in [6.45, 7) is 2.02. The van der Waals surface area contributed by atoms with Gasteiger partial charge in [0.25, 0.3) is 0 Å². The lowest BCUT2D eigenvalue weighted by atomic mass is 10.1. The number of halogens is 5. The minimum atomic E-state index is -5.71. The van der Waals surface area contributed by atoms with Crippen LogP contribution in [0.25, 0.3) is 0 Å². The third-order valence-electron chi connectivity index (χ3n) is 1.86. The predicted octanol–water partition coefficient (Wildman–Crippen LogP) is 1.28. The number of nitrogens with one attached hydrogen (secondary N) is 1. The number of hydrogen-bond donors (Lipinski definition) is 2. The smallest absolute Gasteiger partial charge is 0.354 e. The van der Waals surface area contributed by atoms with Crippen LogP contribution >= 0.6 is 0 Å². The van der Waals surface area contributed by atoms with Crippen molar-refractivity contribution in [2.45, 2.75) is 32.0 Å². The molecule has 0 aromatic rings. The molecule has 0 bridgehead atoms. The van der Waals surface area contributed by atoms with E-state index < -0.39 is 36.5 Å². The molecule has 0 radical (unpaired) electrons. The number of alkyl halides is 5. The maximum absolute atomic E-state index is 12.6. The minimum absolute atomic E-state index is 0.508. The average molecular weight is 248 g/mol. The Bertz CT molecular complexity index is 251. The number of hydrogen-bond acceptors (Lipinski definition) is 2. The molecular weight excluding hydrogens is 235 g/mol. The lowest BCUT2D eigenvalue weighted by molar-refractivity contribution is -0.289. The fourth-order valence-electron chi connectivity index (χ4n) is 0.753. The summed E-state index contributed by atoms with van der Waals surface area (Å²) in [4.78, 5) is 10.9. The van der Waals surface area contributed by atoms with Crippen molar-refractivity contribution in [1.29, 1.82) is 0 Å². The third kappa shape index (κ3) is 3.58. The first kappa shape index (κ1) is 15.1. The highest BCUT2D eigenvalue weighted by molar-refractivity contribution is 5.77. The number of carbonyl (C=O) groups is 1. The van der Waals surface area contributed by atoms with Crippen molar-refractivity contribution < 1.29 is 26.7 Å². The van der Waals surface area contributed by atoms with Crippen LogP contribution in [0.2, 0.25) is 0 Å². The molecule has 0 aromatic carbocycles. The van der Waals surface area contributed by atoms with Crippen LogP contribution in [-0.4, -0.2) is 30.6 Å². The third-order valence-corrected chi connectivity index (χ3v) is 1.86. The molecule has 3 nitrogen and oxygen atoms in total. The highest BCUT2D eigenvalue weighted by atomic mass is 19.4. The van der Waals surface area contributed by atoms with Gasteiger partial charge in [-0.1, -0.05) is 13.8 Å². The minimum Gasteiger partial charge on any atom is -0.354 e. The quantitative estimate of drug-likeness (QED) is 0.736. The van der Waals surface area contributed by atoms with E-state index in [0.717, 1.165) is 0 Å². The first-order valence-electron chi connectivity index (χ1n) is 4.48. The van der Waals surface area contributed by atoms with Crippen LogP contribution in [0.1, 0.15) is 13.8 Å². The molecule has 0 saturated heterocycles. The molecule has 0 aliphatic heterocycles. The standard InChI is InChI=1S/C8H13F5N2O/c1-4(2)6(16)15-3-5(14)7(9,10)8(11,12)13/h4-5H,3,14H2,1-2H3,(H,15,16). The van der Waals surface area contributed by atoms with Gasteiger partial charge in [-0.2, -0.15) is 22.0 Å². The van der Waals surface area contributed by atoms with Gasteiger partial charge >= 0.3 is 12.1 Å². The van der Waals surface area contributed by atoms with E-state index in [1.54, 1.807) is 0 Å². The second-order valence-corrected chi connectivity index (χ2v) is 3.63. The Morgan fingerprint density at radius 2 is 1.69 bits per heavy atom. The molecule has 0 aliphatic rings. The zero-order chi connectivity index (χ0) is 13.1. The molecule has 0 aliphatic carbocycles. The number of rotatable bonds is 4. The molecule has 1 unspecified atom stereocenters. The SMILES string of the molecule is CC(C)C(=O)NCC(N)C(F)(F)C(F)(F)F. The Kier molecular flexibility index (Phi) is 4.66. The van der Waals surface area contributed by atoms with Gasteiger partial charge in [0.05, 0.1) is 6.04 Å².